The maximum atomic E-state index is 13.0. The van der Waals surface area contributed by atoms with Crippen LogP contribution < -0.4 is 14.8 Å². The van der Waals surface area contributed by atoms with Crippen molar-refractivity contribution in [3.05, 3.63) is 46.8 Å². The Kier molecular flexibility index (Phi) is 5.75. The lowest BCUT2D eigenvalue weighted by Gasteiger charge is -2.12. The second-order valence-corrected chi connectivity index (χ2v) is 7.65. The molecule has 1 aliphatic rings. The second kappa shape index (κ2) is 8.49. The summed E-state index contributed by atoms with van der Waals surface area (Å²) in [4.78, 5) is 17.7. The van der Waals surface area contributed by atoms with Gasteiger partial charge in [-0.3, -0.25) is 9.48 Å². The van der Waals surface area contributed by atoms with Crippen molar-refractivity contribution < 1.29 is 23.0 Å². The predicted octanol–water partition coefficient (Wildman–Crippen LogP) is 3.74. The highest BCUT2D eigenvalue weighted by atomic mass is 19.3. The summed E-state index contributed by atoms with van der Waals surface area (Å²) < 4.78 is 36.5. The number of benzene rings is 1. The number of halogens is 2. The molecule has 0 saturated heterocycles. The average Bonchev–Trinajstić information content (AvgIpc) is 3.53. The fraction of sp³-hybridized carbons (Fsp3) is 0.409. The number of pyridine rings is 1. The van der Waals surface area contributed by atoms with E-state index in [4.69, 9.17) is 9.72 Å². The number of carbonyl (C=O) groups is 1. The number of alkyl halides is 2. The molecule has 0 unspecified atom stereocenters. The van der Waals surface area contributed by atoms with Gasteiger partial charge in [-0.2, -0.15) is 13.9 Å². The van der Waals surface area contributed by atoms with E-state index in [1.807, 2.05) is 20.0 Å². The van der Waals surface area contributed by atoms with E-state index in [2.05, 4.69) is 15.2 Å². The van der Waals surface area contributed by atoms with E-state index in [1.54, 1.807) is 16.8 Å². The number of aryl methyl sites for hydroxylation is 2. The summed E-state index contributed by atoms with van der Waals surface area (Å²) in [6.45, 7) is -0.748. The van der Waals surface area contributed by atoms with E-state index >= 15 is 0 Å². The third kappa shape index (κ3) is 4.45. The Labute approximate surface area is 178 Å². The molecule has 2 heterocycles. The molecule has 2 aromatic heterocycles. The highest BCUT2D eigenvalue weighted by Crippen LogP contribution is 2.40. The van der Waals surface area contributed by atoms with Gasteiger partial charge in [-0.05, 0) is 49.9 Å². The number of hydrogen-bond acceptors (Lipinski definition) is 5. The molecular formula is C22H24F2N4O3. The zero-order chi connectivity index (χ0) is 22.1. The molecule has 3 aromatic rings. The van der Waals surface area contributed by atoms with Crippen molar-refractivity contribution in [2.75, 3.05) is 13.7 Å². The molecule has 1 aromatic carbocycles. The number of nitrogens with one attached hydrogen (secondary N) is 1. The summed E-state index contributed by atoms with van der Waals surface area (Å²) >= 11 is 0. The van der Waals surface area contributed by atoms with E-state index in [0.717, 1.165) is 35.2 Å². The third-order valence-electron chi connectivity index (χ3n) is 5.37. The lowest BCUT2D eigenvalue weighted by atomic mass is 10.1. The summed E-state index contributed by atoms with van der Waals surface area (Å²) in [6, 6.07) is 6.69. The van der Waals surface area contributed by atoms with Crippen LogP contribution in [-0.2, 0) is 13.5 Å². The molecule has 1 saturated carbocycles. The number of nitrogens with zero attached hydrogens (tertiary/aromatic N) is 3. The lowest BCUT2D eigenvalue weighted by Crippen LogP contribution is -2.26. The van der Waals surface area contributed by atoms with Crippen molar-refractivity contribution in [1.29, 1.82) is 0 Å². The molecule has 4 rings (SSSR count). The first kappa shape index (κ1) is 21.0. The zero-order valence-corrected chi connectivity index (χ0v) is 17.6. The van der Waals surface area contributed by atoms with Crippen LogP contribution >= 0.6 is 0 Å². The number of methoxy groups -OCH3 is 1. The minimum atomic E-state index is -2.94. The van der Waals surface area contributed by atoms with Crippen LogP contribution in [0.25, 0.3) is 11.0 Å². The fourth-order valence-electron chi connectivity index (χ4n) is 3.71. The van der Waals surface area contributed by atoms with Gasteiger partial charge in [-0.15, -0.1) is 0 Å². The molecule has 0 atom stereocenters. The third-order valence-corrected chi connectivity index (χ3v) is 5.37. The molecule has 1 fully saturated rings. The Bertz CT molecular complexity index is 1130. The summed E-state index contributed by atoms with van der Waals surface area (Å²) in [5.41, 5.74) is 3.68. The Balaban J connectivity index is 1.50. The minimum Gasteiger partial charge on any atom is -0.493 e. The standard InChI is InChI=1S/C22H24F2N4O3/c1-12-19-15(11-16(14-5-6-14)26-20(19)28(2)27-12)21(29)25-9-8-13-4-7-17(30-3)18(10-13)31-22(23)24/h4,7,10-11,14,22H,5-6,8-9H2,1-3H3,(H,25,29). The Morgan fingerprint density at radius 1 is 1.29 bits per heavy atom. The number of fused-ring (bicyclic) bond motifs is 1. The molecule has 7 nitrogen and oxygen atoms in total. The van der Waals surface area contributed by atoms with Crippen molar-refractivity contribution in [3.8, 4) is 11.5 Å². The first-order valence-corrected chi connectivity index (χ1v) is 10.1. The van der Waals surface area contributed by atoms with Crippen LogP contribution in [0.15, 0.2) is 24.3 Å². The van der Waals surface area contributed by atoms with Crippen molar-refractivity contribution >= 4 is 16.9 Å². The zero-order valence-electron chi connectivity index (χ0n) is 17.6. The van der Waals surface area contributed by atoms with Crippen molar-refractivity contribution in [2.45, 2.75) is 38.7 Å². The second-order valence-electron chi connectivity index (χ2n) is 7.65. The largest absolute Gasteiger partial charge is 0.493 e. The van der Waals surface area contributed by atoms with E-state index in [9.17, 15) is 13.6 Å². The highest BCUT2D eigenvalue weighted by Gasteiger charge is 2.28. The molecule has 1 amide bonds. The van der Waals surface area contributed by atoms with Crippen LogP contribution in [0.3, 0.4) is 0 Å². The summed E-state index contributed by atoms with van der Waals surface area (Å²) in [7, 11) is 3.21. The van der Waals surface area contributed by atoms with E-state index in [0.29, 0.717) is 30.1 Å². The fourth-order valence-corrected chi connectivity index (χ4v) is 3.71. The van der Waals surface area contributed by atoms with Crippen LogP contribution in [-0.4, -0.2) is 40.9 Å². The van der Waals surface area contributed by atoms with Crippen LogP contribution in [0.5, 0.6) is 11.5 Å². The molecular weight excluding hydrogens is 406 g/mol. The quantitative estimate of drug-likeness (QED) is 0.589. The Morgan fingerprint density at radius 2 is 2.06 bits per heavy atom. The van der Waals surface area contributed by atoms with Gasteiger partial charge in [0, 0.05) is 25.2 Å². The van der Waals surface area contributed by atoms with Crippen LogP contribution in [0, 0.1) is 6.92 Å². The van der Waals surface area contributed by atoms with E-state index in [1.165, 1.54) is 13.2 Å². The van der Waals surface area contributed by atoms with Gasteiger partial charge in [-0.25, -0.2) is 4.98 Å². The summed E-state index contributed by atoms with van der Waals surface area (Å²) in [6.07, 6.45) is 2.61. The maximum absolute atomic E-state index is 13.0. The number of hydrogen-bond donors (Lipinski definition) is 1. The lowest BCUT2D eigenvalue weighted by molar-refractivity contribution is -0.0512. The topological polar surface area (TPSA) is 78.3 Å². The van der Waals surface area contributed by atoms with Crippen LogP contribution in [0.2, 0.25) is 0 Å². The van der Waals surface area contributed by atoms with E-state index < -0.39 is 6.61 Å². The van der Waals surface area contributed by atoms with Crippen molar-refractivity contribution in [1.82, 2.24) is 20.1 Å². The molecule has 0 spiro atoms. The monoisotopic (exact) mass is 430 g/mol. The molecule has 1 N–H and O–H groups in total. The van der Waals surface area contributed by atoms with Gasteiger partial charge < -0.3 is 14.8 Å². The number of ether oxygens (including phenoxy) is 2. The maximum Gasteiger partial charge on any atom is 0.387 e. The van der Waals surface area contributed by atoms with Gasteiger partial charge >= 0.3 is 6.61 Å². The van der Waals surface area contributed by atoms with Gasteiger partial charge in [0.2, 0.25) is 0 Å². The van der Waals surface area contributed by atoms with Gasteiger partial charge in [0.25, 0.3) is 5.91 Å². The van der Waals surface area contributed by atoms with Crippen molar-refractivity contribution in [3.63, 3.8) is 0 Å². The van der Waals surface area contributed by atoms with Gasteiger partial charge in [-0.1, -0.05) is 6.07 Å². The first-order valence-electron chi connectivity index (χ1n) is 10.1. The summed E-state index contributed by atoms with van der Waals surface area (Å²) in [5, 5.41) is 8.10. The minimum absolute atomic E-state index is 0.0303. The molecule has 9 heteroatoms. The SMILES string of the molecule is COc1ccc(CCNC(=O)c2cc(C3CC3)nc3c2c(C)nn3C)cc1OC(F)F. The average molecular weight is 430 g/mol. The van der Waals surface area contributed by atoms with Crippen LogP contribution in [0.4, 0.5) is 8.78 Å². The normalized spacial score (nSPS) is 13.6. The number of carbonyl (C=O) groups excluding carboxylic acids is 1. The molecule has 0 bridgehead atoms. The first-order chi connectivity index (χ1) is 14.9. The smallest absolute Gasteiger partial charge is 0.387 e. The number of aromatic nitrogens is 3. The van der Waals surface area contributed by atoms with E-state index in [-0.39, 0.29) is 17.4 Å². The molecule has 164 valence electrons. The van der Waals surface area contributed by atoms with Gasteiger partial charge in [0.05, 0.1) is 23.8 Å². The number of rotatable bonds is 8. The Morgan fingerprint density at radius 3 is 2.74 bits per heavy atom. The highest BCUT2D eigenvalue weighted by molar-refractivity contribution is 6.06. The van der Waals surface area contributed by atoms with Crippen molar-refractivity contribution in [2.24, 2.45) is 7.05 Å². The molecule has 0 aliphatic heterocycles. The van der Waals surface area contributed by atoms with Crippen LogP contribution in [0.1, 0.15) is 46.1 Å². The predicted molar refractivity (Wildman–Crippen MR) is 111 cm³/mol. The Hall–Kier alpha value is -3.23. The summed E-state index contributed by atoms with van der Waals surface area (Å²) in [5.74, 6) is 0.394. The van der Waals surface area contributed by atoms with Gasteiger partial charge in [0.1, 0.15) is 0 Å². The van der Waals surface area contributed by atoms with Gasteiger partial charge in [0.15, 0.2) is 17.1 Å². The molecule has 1 aliphatic carbocycles. The number of amides is 1. The molecule has 0 radical (unpaired) electrons. The molecule has 31 heavy (non-hydrogen) atoms.